The van der Waals surface area contributed by atoms with Crippen LogP contribution in [-0.4, -0.2) is 46.6 Å². The van der Waals surface area contributed by atoms with Crippen molar-refractivity contribution in [1.82, 2.24) is 15.1 Å². The number of carbonyl (C=O) groups is 4. The fourth-order valence-electron chi connectivity index (χ4n) is 2.97. The molecule has 27 heavy (non-hydrogen) atoms. The minimum absolute atomic E-state index is 0.0815. The number of likely N-dealkylation sites (N-methyl/N-ethyl adjacent to an activating group) is 1. The molecule has 0 aliphatic carbocycles. The summed E-state index contributed by atoms with van der Waals surface area (Å²) < 4.78 is 0. The van der Waals surface area contributed by atoms with Gasteiger partial charge in [-0.2, -0.15) is 0 Å². The van der Waals surface area contributed by atoms with Gasteiger partial charge >= 0.3 is 17.8 Å². The number of nitrogens with one attached hydrogen (secondary N) is 1. The van der Waals surface area contributed by atoms with Crippen LogP contribution in [0.4, 0.5) is 4.79 Å². The maximum Gasteiger partial charge on any atom is 0.334 e. The van der Waals surface area contributed by atoms with Gasteiger partial charge in [-0.05, 0) is 18.1 Å². The molecule has 1 saturated heterocycles. The standard InChI is InChI=1S/C20H19N3O4/c1-2-22-18(25)19(26)23(20(22)27)13-16(24)21-17(14-9-5-3-6-10-14)15-11-7-4-8-12-15/h3-12,17H,2,13H2,1H3,(H,21,24). The SMILES string of the molecule is CCN1C(=O)C(=O)N(CC(=O)NC(c2ccccc2)c2ccccc2)C1=O. The molecule has 1 heterocycles. The predicted octanol–water partition coefficient (Wildman–Crippen LogP) is 1.70. The summed E-state index contributed by atoms with van der Waals surface area (Å²) in [4.78, 5) is 50.0. The smallest absolute Gasteiger partial charge is 0.334 e. The van der Waals surface area contributed by atoms with Crippen molar-refractivity contribution in [2.75, 3.05) is 13.1 Å². The second-order valence-corrected chi connectivity index (χ2v) is 6.05. The van der Waals surface area contributed by atoms with Crippen molar-refractivity contribution in [3.05, 3.63) is 71.8 Å². The minimum Gasteiger partial charge on any atom is -0.344 e. The number of imide groups is 2. The van der Waals surface area contributed by atoms with Gasteiger partial charge in [-0.3, -0.25) is 19.3 Å². The summed E-state index contributed by atoms with van der Waals surface area (Å²) in [5.74, 6) is -2.41. The summed E-state index contributed by atoms with van der Waals surface area (Å²) in [6.07, 6.45) is 0. The van der Waals surface area contributed by atoms with Crippen molar-refractivity contribution in [3.63, 3.8) is 0 Å². The molecule has 0 aromatic heterocycles. The van der Waals surface area contributed by atoms with Gasteiger partial charge < -0.3 is 5.32 Å². The average molecular weight is 365 g/mol. The van der Waals surface area contributed by atoms with Gasteiger partial charge in [-0.1, -0.05) is 60.7 Å². The fraction of sp³-hybridized carbons (Fsp3) is 0.200. The monoisotopic (exact) mass is 365 g/mol. The molecule has 0 unspecified atom stereocenters. The van der Waals surface area contributed by atoms with Crippen molar-refractivity contribution in [1.29, 1.82) is 0 Å². The minimum atomic E-state index is -0.979. The molecule has 138 valence electrons. The van der Waals surface area contributed by atoms with Gasteiger partial charge in [-0.25, -0.2) is 9.69 Å². The number of hydrogen-bond acceptors (Lipinski definition) is 4. The molecule has 0 saturated carbocycles. The highest BCUT2D eigenvalue weighted by Gasteiger charge is 2.44. The Hall–Kier alpha value is -3.48. The normalized spacial score (nSPS) is 14.2. The second kappa shape index (κ2) is 7.82. The first kappa shape index (κ1) is 18.3. The lowest BCUT2D eigenvalue weighted by Crippen LogP contribution is -2.42. The Kier molecular flexibility index (Phi) is 5.30. The molecule has 5 amide bonds. The first-order chi connectivity index (χ1) is 13.0. The molecule has 1 N–H and O–H groups in total. The molecule has 3 rings (SSSR count). The van der Waals surface area contributed by atoms with Crippen LogP contribution >= 0.6 is 0 Å². The van der Waals surface area contributed by atoms with Gasteiger partial charge in [0.15, 0.2) is 0 Å². The van der Waals surface area contributed by atoms with Crippen molar-refractivity contribution in [3.8, 4) is 0 Å². The Labute approximate surface area is 156 Å². The van der Waals surface area contributed by atoms with Gasteiger partial charge in [0, 0.05) is 6.54 Å². The predicted molar refractivity (Wildman–Crippen MR) is 97.4 cm³/mol. The summed E-state index contributed by atoms with van der Waals surface area (Å²) in [6.45, 7) is 1.17. The summed E-state index contributed by atoms with van der Waals surface area (Å²) in [6, 6.07) is 17.5. The lowest BCUT2D eigenvalue weighted by molar-refractivity contribution is -0.144. The third-order valence-electron chi connectivity index (χ3n) is 4.32. The highest BCUT2D eigenvalue weighted by molar-refractivity contribution is 6.45. The summed E-state index contributed by atoms with van der Waals surface area (Å²) in [5.41, 5.74) is 1.73. The molecule has 0 atom stereocenters. The molecule has 2 aromatic carbocycles. The summed E-state index contributed by atoms with van der Waals surface area (Å²) in [5, 5.41) is 2.85. The number of amides is 5. The molecule has 0 radical (unpaired) electrons. The molecule has 7 heteroatoms. The van der Waals surface area contributed by atoms with E-state index in [1.54, 1.807) is 6.92 Å². The van der Waals surface area contributed by atoms with E-state index in [4.69, 9.17) is 0 Å². The Morgan fingerprint density at radius 3 is 1.78 bits per heavy atom. The Morgan fingerprint density at radius 2 is 1.33 bits per heavy atom. The van der Waals surface area contributed by atoms with Gasteiger partial charge in [0.25, 0.3) is 0 Å². The molecule has 1 aliphatic rings. The van der Waals surface area contributed by atoms with Crippen LogP contribution in [-0.2, 0) is 14.4 Å². The van der Waals surface area contributed by atoms with E-state index in [-0.39, 0.29) is 6.54 Å². The molecule has 0 spiro atoms. The van der Waals surface area contributed by atoms with E-state index in [0.29, 0.717) is 4.90 Å². The van der Waals surface area contributed by atoms with Crippen LogP contribution in [0.3, 0.4) is 0 Å². The van der Waals surface area contributed by atoms with Crippen LogP contribution in [0.15, 0.2) is 60.7 Å². The lowest BCUT2D eigenvalue weighted by atomic mass is 9.99. The number of nitrogens with zero attached hydrogens (tertiary/aromatic N) is 2. The van der Waals surface area contributed by atoms with Gasteiger partial charge in [0.2, 0.25) is 5.91 Å². The van der Waals surface area contributed by atoms with Crippen LogP contribution in [0.2, 0.25) is 0 Å². The zero-order chi connectivity index (χ0) is 19.4. The Bertz CT molecular complexity index is 828. The third-order valence-corrected chi connectivity index (χ3v) is 4.32. The first-order valence-corrected chi connectivity index (χ1v) is 8.59. The zero-order valence-electron chi connectivity index (χ0n) is 14.8. The van der Waals surface area contributed by atoms with Gasteiger partial charge in [0.1, 0.15) is 6.54 Å². The average Bonchev–Trinajstić information content (AvgIpc) is 2.90. The topological polar surface area (TPSA) is 86.8 Å². The molecule has 1 fully saturated rings. The number of carbonyl (C=O) groups excluding carboxylic acids is 4. The third kappa shape index (κ3) is 3.72. The zero-order valence-corrected chi connectivity index (χ0v) is 14.8. The van der Waals surface area contributed by atoms with Crippen molar-refractivity contribution in [2.24, 2.45) is 0 Å². The lowest BCUT2D eigenvalue weighted by Gasteiger charge is -2.21. The molecule has 7 nitrogen and oxygen atoms in total. The summed E-state index contributed by atoms with van der Waals surface area (Å²) in [7, 11) is 0. The van der Waals surface area contributed by atoms with E-state index < -0.39 is 36.3 Å². The quantitative estimate of drug-likeness (QED) is 0.624. The largest absolute Gasteiger partial charge is 0.344 e. The van der Waals surface area contributed by atoms with E-state index >= 15 is 0 Å². The molecular weight excluding hydrogens is 346 g/mol. The first-order valence-electron chi connectivity index (χ1n) is 8.59. The van der Waals surface area contributed by atoms with Gasteiger partial charge in [-0.15, -0.1) is 0 Å². The highest BCUT2D eigenvalue weighted by atomic mass is 16.2. The highest BCUT2D eigenvalue weighted by Crippen LogP contribution is 2.22. The van der Waals surface area contributed by atoms with Crippen LogP contribution in [0.5, 0.6) is 0 Å². The van der Waals surface area contributed by atoms with E-state index in [2.05, 4.69) is 5.32 Å². The Balaban J connectivity index is 1.79. The van der Waals surface area contributed by atoms with Crippen LogP contribution in [0, 0.1) is 0 Å². The van der Waals surface area contributed by atoms with E-state index in [1.165, 1.54) is 0 Å². The molecule has 1 aliphatic heterocycles. The van der Waals surface area contributed by atoms with Crippen molar-refractivity contribution in [2.45, 2.75) is 13.0 Å². The second-order valence-electron chi connectivity index (χ2n) is 6.05. The van der Waals surface area contributed by atoms with Crippen molar-refractivity contribution < 1.29 is 19.2 Å². The fourth-order valence-corrected chi connectivity index (χ4v) is 2.97. The maximum absolute atomic E-state index is 12.6. The number of benzene rings is 2. The summed E-state index contributed by atoms with van der Waals surface area (Å²) >= 11 is 0. The molecular formula is C20H19N3O4. The number of rotatable bonds is 6. The number of urea groups is 1. The van der Waals surface area contributed by atoms with E-state index in [9.17, 15) is 19.2 Å². The molecule has 2 aromatic rings. The number of hydrogen-bond donors (Lipinski definition) is 1. The van der Waals surface area contributed by atoms with Crippen LogP contribution in [0.1, 0.15) is 24.1 Å². The maximum atomic E-state index is 12.6. The van der Waals surface area contributed by atoms with Gasteiger partial charge in [0.05, 0.1) is 6.04 Å². The molecule has 0 bridgehead atoms. The van der Waals surface area contributed by atoms with E-state index in [0.717, 1.165) is 16.0 Å². The van der Waals surface area contributed by atoms with Crippen LogP contribution < -0.4 is 5.32 Å². The Morgan fingerprint density at radius 1 is 0.852 bits per heavy atom. The van der Waals surface area contributed by atoms with Crippen LogP contribution in [0.25, 0.3) is 0 Å². The van der Waals surface area contributed by atoms with E-state index in [1.807, 2.05) is 60.7 Å². The van der Waals surface area contributed by atoms with Crippen molar-refractivity contribution >= 4 is 23.8 Å².